The normalized spacial score (nSPS) is 27.2. The maximum atomic E-state index is 12.7. The third-order valence-corrected chi connectivity index (χ3v) is 6.52. The van der Waals surface area contributed by atoms with Gasteiger partial charge in [-0.25, -0.2) is 0 Å². The maximum Gasteiger partial charge on any atom is 0.394 e. The molecule has 29 heavy (non-hydrogen) atoms. The van der Waals surface area contributed by atoms with E-state index in [1.54, 1.807) is 4.90 Å². The Balaban J connectivity index is 1.44. The maximum absolute atomic E-state index is 12.7. The lowest BCUT2D eigenvalue weighted by Gasteiger charge is -2.48. The molecule has 0 saturated carbocycles. The molecule has 3 rings (SSSR count). The third-order valence-electron chi connectivity index (χ3n) is 6.52. The van der Waals surface area contributed by atoms with Crippen molar-refractivity contribution in [3.63, 3.8) is 0 Å². The van der Waals surface area contributed by atoms with Crippen molar-refractivity contribution in [2.75, 3.05) is 59.2 Å². The van der Waals surface area contributed by atoms with Crippen molar-refractivity contribution in [1.29, 1.82) is 0 Å². The van der Waals surface area contributed by atoms with Crippen molar-refractivity contribution in [2.24, 2.45) is 11.8 Å². The van der Waals surface area contributed by atoms with Crippen molar-refractivity contribution < 1.29 is 32.5 Å². The first-order valence-corrected chi connectivity index (χ1v) is 10.7. The van der Waals surface area contributed by atoms with Crippen LogP contribution in [0.25, 0.3) is 0 Å². The van der Waals surface area contributed by atoms with Crippen LogP contribution in [-0.4, -0.2) is 91.7 Å². The van der Waals surface area contributed by atoms with Crippen LogP contribution in [0.4, 0.5) is 13.2 Å². The molecule has 0 aliphatic carbocycles. The molecule has 0 aromatic heterocycles. The van der Waals surface area contributed by atoms with E-state index in [4.69, 9.17) is 14.6 Å². The van der Waals surface area contributed by atoms with Crippen molar-refractivity contribution in [3.8, 4) is 0 Å². The number of amides is 1. The number of hydrogen-bond acceptors (Lipinski definition) is 5. The van der Waals surface area contributed by atoms with E-state index >= 15 is 0 Å². The highest BCUT2D eigenvalue weighted by molar-refractivity contribution is 5.76. The zero-order valence-corrected chi connectivity index (χ0v) is 17.0. The summed E-state index contributed by atoms with van der Waals surface area (Å²) in [6.07, 6.45) is -1.30. The lowest BCUT2D eigenvalue weighted by molar-refractivity contribution is -0.186. The Morgan fingerprint density at radius 1 is 1.21 bits per heavy atom. The predicted octanol–water partition coefficient (Wildman–Crippen LogP) is 2.06. The Labute approximate surface area is 170 Å². The number of aliphatic hydroxyl groups is 1. The number of alkyl halides is 3. The second kappa shape index (κ2) is 9.94. The monoisotopic (exact) mass is 422 g/mol. The van der Waals surface area contributed by atoms with Gasteiger partial charge in [0.15, 0.2) is 0 Å². The lowest BCUT2D eigenvalue weighted by Crippen LogP contribution is -2.58. The van der Waals surface area contributed by atoms with Crippen LogP contribution < -0.4 is 0 Å². The van der Waals surface area contributed by atoms with Crippen LogP contribution in [-0.2, 0) is 14.3 Å². The fourth-order valence-electron chi connectivity index (χ4n) is 4.68. The van der Waals surface area contributed by atoms with Gasteiger partial charge in [0.05, 0.1) is 31.3 Å². The van der Waals surface area contributed by atoms with Gasteiger partial charge in [-0.3, -0.25) is 9.69 Å². The van der Waals surface area contributed by atoms with Gasteiger partial charge in [0, 0.05) is 45.8 Å². The number of rotatable bonds is 6. The number of morpholine rings is 1. The zero-order valence-electron chi connectivity index (χ0n) is 17.0. The summed E-state index contributed by atoms with van der Waals surface area (Å²) >= 11 is 0. The van der Waals surface area contributed by atoms with Crippen LogP contribution in [0.3, 0.4) is 0 Å². The van der Waals surface area contributed by atoms with Crippen molar-refractivity contribution in [3.05, 3.63) is 0 Å². The molecule has 0 bridgehead atoms. The fraction of sp³-hybridized carbons (Fsp3) is 0.950. The zero-order chi connectivity index (χ0) is 20.9. The molecule has 3 fully saturated rings. The average Bonchev–Trinajstić information content (AvgIpc) is 2.69. The molecule has 3 aliphatic heterocycles. The minimum Gasteiger partial charge on any atom is -0.396 e. The topological polar surface area (TPSA) is 62.2 Å². The second-order valence-electron chi connectivity index (χ2n) is 8.69. The van der Waals surface area contributed by atoms with Crippen LogP contribution >= 0.6 is 0 Å². The highest BCUT2D eigenvalue weighted by Crippen LogP contribution is 2.33. The first-order chi connectivity index (χ1) is 13.8. The smallest absolute Gasteiger partial charge is 0.394 e. The number of aliphatic hydroxyl groups excluding tert-OH is 1. The van der Waals surface area contributed by atoms with Gasteiger partial charge in [-0.1, -0.05) is 0 Å². The van der Waals surface area contributed by atoms with E-state index < -0.39 is 18.7 Å². The number of hydrogen-bond donors (Lipinski definition) is 1. The molecule has 168 valence electrons. The summed E-state index contributed by atoms with van der Waals surface area (Å²) in [7, 11) is 0. The van der Waals surface area contributed by atoms with Crippen LogP contribution in [0.5, 0.6) is 0 Å². The molecule has 0 radical (unpaired) electrons. The molecule has 3 aliphatic rings. The average molecular weight is 422 g/mol. The standard InChI is InChI=1S/C20H33F3N2O4/c21-20(22,23)17(13-26)3-4-18(27)25-7-5-19(6-8-25)15-24(9-11-29-19)12-16-2-1-10-28-14-16/h16-17,26H,1-15H2/t16?,17-/m1/s1. The number of piperidine rings is 1. The predicted molar refractivity (Wildman–Crippen MR) is 100 cm³/mol. The van der Waals surface area contributed by atoms with Gasteiger partial charge in [0.25, 0.3) is 0 Å². The molecule has 6 nitrogen and oxygen atoms in total. The SMILES string of the molecule is O=C(CC[C@H](CO)C(F)(F)F)N1CCC2(CC1)CN(CC1CCCOC1)CCO2. The Bertz CT molecular complexity index is 532. The van der Waals surface area contributed by atoms with Crippen molar-refractivity contribution in [2.45, 2.75) is 50.3 Å². The van der Waals surface area contributed by atoms with E-state index in [-0.39, 0.29) is 24.3 Å². The molecule has 0 aromatic rings. The van der Waals surface area contributed by atoms with Gasteiger partial charge < -0.3 is 19.5 Å². The molecular weight excluding hydrogens is 389 g/mol. The summed E-state index contributed by atoms with van der Waals surface area (Å²) < 4.78 is 49.9. The Morgan fingerprint density at radius 3 is 2.59 bits per heavy atom. The molecule has 0 aromatic carbocycles. The summed E-state index contributed by atoms with van der Waals surface area (Å²) in [5, 5.41) is 8.92. The molecule has 2 atom stereocenters. The number of halogens is 3. The molecule has 9 heteroatoms. The van der Waals surface area contributed by atoms with Crippen molar-refractivity contribution in [1.82, 2.24) is 9.80 Å². The Morgan fingerprint density at radius 2 is 1.97 bits per heavy atom. The quantitative estimate of drug-likeness (QED) is 0.710. The molecule has 3 saturated heterocycles. The van der Waals surface area contributed by atoms with Gasteiger partial charge in [0.1, 0.15) is 0 Å². The summed E-state index contributed by atoms with van der Waals surface area (Å²) in [6.45, 7) is 5.14. The van der Waals surface area contributed by atoms with Gasteiger partial charge in [0.2, 0.25) is 5.91 Å². The van der Waals surface area contributed by atoms with Gasteiger partial charge in [-0.05, 0) is 38.0 Å². The minimum atomic E-state index is -4.47. The van der Waals surface area contributed by atoms with Crippen molar-refractivity contribution >= 4 is 5.91 Å². The summed E-state index contributed by atoms with van der Waals surface area (Å²) in [5.74, 6) is -1.54. The number of likely N-dealkylation sites (tertiary alicyclic amines) is 1. The van der Waals surface area contributed by atoms with E-state index in [1.807, 2.05) is 0 Å². The molecule has 1 unspecified atom stereocenters. The fourth-order valence-corrected chi connectivity index (χ4v) is 4.68. The Kier molecular flexibility index (Phi) is 7.81. The summed E-state index contributed by atoms with van der Waals surface area (Å²) in [4.78, 5) is 16.4. The lowest BCUT2D eigenvalue weighted by atomic mass is 9.88. The molecule has 1 N–H and O–H groups in total. The van der Waals surface area contributed by atoms with Crippen LogP contribution in [0.15, 0.2) is 0 Å². The van der Waals surface area contributed by atoms with Gasteiger partial charge in [-0.15, -0.1) is 0 Å². The van der Waals surface area contributed by atoms with E-state index in [0.29, 0.717) is 38.5 Å². The second-order valence-corrected chi connectivity index (χ2v) is 8.69. The van der Waals surface area contributed by atoms with Crippen LogP contribution in [0.2, 0.25) is 0 Å². The number of nitrogens with zero attached hydrogens (tertiary/aromatic N) is 2. The molecule has 3 heterocycles. The Hall–Kier alpha value is -0.900. The molecular formula is C20H33F3N2O4. The van der Waals surface area contributed by atoms with E-state index in [1.165, 1.54) is 6.42 Å². The molecule has 1 spiro atoms. The third kappa shape index (κ3) is 6.29. The van der Waals surface area contributed by atoms with E-state index in [2.05, 4.69) is 4.90 Å². The van der Waals surface area contributed by atoms with Crippen LogP contribution in [0, 0.1) is 11.8 Å². The van der Waals surface area contributed by atoms with E-state index in [9.17, 15) is 18.0 Å². The first-order valence-electron chi connectivity index (χ1n) is 10.7. The minimum absolute atomic E-state index is 0.188. The first kappa shape index (κ1) is 22.8. The van der Waals surface area contributed by atoms with E-state index in [0.717, 1.165) is 39.3 Å². The van der Waals surface area contributed by atoms with Gasteiger partial charge >= 0.3 is 6.18 Å². The summed E-state index contributed by atoms with van der Waals surface area (Å²) in [5.41, 5.74) is -0.260. The highest BCUT2D eigenvalue weighted by Gasteiger charge is 2.42. The highest BCUT2D eigenvalue weighted by atomic mass is 19.4. The number of ether oxygens (including phenoxy) is 2. The van der Waals surface area contributed by atoms with Gasteiger partial charge in [-0.2, -0.15) is 13.2 Å². The van der Waals surface area contributed by atoms with Crippen LogP contribution in [0.1, 0.15) is 38.5 Å². The molecule has 1 amide bonds. The number of carbonyl (C=O) groups excluding carboxylic acids is 1. The summed E-state index contributed by atoms with van der Waals surface area (Å²) in [6, 6.07) is 0. The largest absolute Gasteiger partial charge is 0.396 e. The number of carbonyl (C=O) groups is 1.